The minimum Gasteiger partial charge on any atom is -0.378 e. The molecule has 2 rings (SSSR count). The van der Waals surface area contributed by atoms with Gasteiger partial charge in [0.2, 0.25) is 0 Å². The number of rotatable bonds is 10. The molecule has 0 aliphatic carbocycles. The first-order chi connectivity index (χ1) is 11.0. The summed E-state index contributed by atoms with van der Waals surface area (Å²) in [6.45, 7) is 13.8. The largest absolute Gasteiger partial charge is 0.378 e. The van der Waals surface area contributed by atoms with Gasteiger partial charge in [-0.2, -0.15) is 0 Å². The fraction of sp³-hybridized carbons (Fsp3) is 0.889. The van der Waals surface area contributed by atoms with E-state index in [1.807, 2.05) is 13.8 Å². The van der Waals surface area contributed by atoms with Crippen molar-refractivity contribution in [2.24, 2.45) is 0 Å². The Hall–Kier alpha value is -0.460. The lowest BCUT2D eigenvalue weighted by Gasteiger charge is -2.34. The zero-order valence-corrected chi connectivity index (χ0v) is 15.0. The maximum absolute atomic E-state index is 6.17. The molecule has 0 radical (unpaired) electrons. The molecule has 134 valence electrons. The van der Waals surface area contributed by atoms with Crippen LogP contribution in [0.25, 0.3) is 0 Å². The Morgan fingerprint density at radius 1 is 1.04 bits per heavy atom. The van der Waals surface area contributed by atoms with Crippen LogP contribution in [0.2, 0.25) is 0 Å². The van der Waals surface area contributed by atoms with Crippen molar-refractivity contribution in [1.29, 1.82) is 0 Å². The van der Waals surface area contributed by atoms with E-state index in [-0.39, 0.29) is 12.2 Å². The Balaban J connectivity index is 2.07. The van der Waals surface area contributed by atoms with Gasteiger partial charge in [0.15, 0.2) is 12.1 Å². The molecule has 5 nitrogen and oxygen atoms in total. The van der Waals surface area contributed by atoms with E-state index in [0.29, 0.717) is 19.8 Å². The van der Waals surface area contributed by atoms with E-state index in [1.165, 1.54) is 0 Å². The Kier molecular flexibility index (Phi) is 6.63. The van der Waals surface area contributed by atoms with Crippen LogP contribution < -0.4 is 0 Å². The molecule has 0 bridgehead atoms. The van der Waals surface area contributed by atoms with Crippen molar-refractivity contribution >= 4 is 0 Å². The first-order valence-electron chi connectivity index (χ1n) is 8.84. The van der Waals surface area contributed by atoms with Crippen molar-refractivity contribution < 1.29 is 23.7 Å². The van der Waals surface area contributed by atoms with Gasteiger partial charge in [0.05, 0.1) is 6.61 Å². The SMILES string of the molecule is C=C[C@]1(COCCCC)O[C@@H]2OC(C)(C)O[C@@H]2[C@@H]1OCCCC. The molecule has 0 N–H and O–H groups in total. The van der Waals surface area contributed by atoms with Crippen LogP contribution >= 0.6 is 0 Å². The van der Waals surface area contributed by atoms with Crippen LogP contribution in [0, 0.1) is 0 Å². The smallest absolute Gasteiger partial charge is 0.191 e. The number of hydrogen-bond donors (Lipinski definition) is 0. The third-order valence-electron chi connectivity index (χ3n) is 4.31. The monoisotopic (exact) mass is 328 g/mol. The normalized spacial score (nSPS) is 35.4. The van der Waals surface area contributed by atoms with Gasteiger partial charge >= 0.3 is 0 Å². The van der Waals surface area contributed by atoms with Gasteiger partial charge in [-0.05, 0) is 26.7 Å². The summed E-state index contributed by atoms with van der Waals surface area (Å²) in [6, 6.07) is 0. The molecule has 2 saturated heterocycles. The van der Waals surface area contributed by atoms with Gasteiger partial charge in [-0.3, -0.25) is 0 Å². The highest BCUT2D eigenvalue weighted by molar-refractivity contribution is 5.13. The number of fused-ring (bicyclic) bond motifs is 1. The summed E-state index contributed by atoms with van der Waals surface area (Å²) in [7, 11) is 0. The summed E-state index contributed by atoms with van der Waals surface area (Å²) in [5, 5.41) is 0. The Morgan fingerprint density at radius 2 is 1.74 bits per heavy atom. The molecule has 0 saturated carbocycles. The van der Waals surface area contributed by atoms with Gasteiger partial charge in [-0.15, -0.1) is 6.58 Å². The zero-order valence-electron chi connectivity index (χ0n) is 15.0. The van der Waals surface area contributed by atoms with E-state index in [0.717, 1.165) is 25.7 Å². The maximum atomic E-state index is 6.17. The molecule has 5 heteroatoms. The minimum atomic E-state index is -0.715. The third-order valence-corrected chi connectivity index (χ3v) is 4.31. The van der Waals surface area contributed by atoms with Gasteiger partial charge in [-0.25, -0.2) is 0 Å². The third kappa shape index (κ3) is 4.34. The van der Waals surface area contributed by atoms with Crippen molar-refractivity contribution in [3.05, 3.63) is 12.7 Å². The van der Waals surface area contributed by atoms with Crippen LogP contribution in [0.1, 0.15) is 53.4 Å². The van der Waals surface area contributed by atoms with E-state index in [9.17, 15) is 0 Å². The van der Waals surface area contributed by atoms with Gasteiger partial charge in [0, 0.05) is 13.2 Å². The molecular weight excluding hydrogens is 296 g/mol. The quantitative estimate of drug-likeness (QED) is 0.454. The second-order valence-corrected chi connectivity index (χ2v) is 6.80. The molecule has 0 amide bonds. The van der Waals surface area contributed by atoms with E-state index < -0.39 is 17.7 Å². The topological polar surface area (TPSA) is 46.2 Å². The van der Waals surface area contributed by atoms with Gasteiger partial charge in [0.25, 0.3) is 0 Å². The van der Waals surface area contributed by atoms with Crippen LogP contribution in [0.3, 0.4) is 0 Å². The minimum absolute atomic E-state index is 0.255. The van der Waals surface area contributed by atoms with Crippen molar-refractivity contribution in [2.75, 3.05) is 19.8 Å². The Morgan fingerprint density at radius 3 is 2.39 bits per heavy atom. The lowest BCUT2D eigenvalue weighted by molar-refractivity contribution is -0.241. The summed E-state index contributed by atoms with van der Waals surface area (Å²) >= 11 is 0. The Bertz CT molecular complexity index is 384. The lowest BCUT2D eigenvalue weighted by Crippen LogP contribution is -2.48. The molecule has 4 atom stereocenters. The Labute approximate surface area is 140 Å². The van der Waals surface area contributed by atoms with Crippen LogP contribution in [-0.2, 0) is 23.7 Å². The second-order valence-electron chi connectivity index (χ2n) is 6.80. The van der Waals surface area contributed by atoms with E-state index in [1.54, 1.807) is 6.08 Å². The molecule has 0 spiro atoms. The second kappa shape index (κ2) is 8.08. The molecule has 2 fully saturated rings. The molecule has 0 unspecified atom stereocenters. The fourth-order valence-electron chi connectivity index (χ4n) is 3.02. The van der Waals surface area contributed by atoms with Crippen LogP contribution in [-0.4, -0.2) is 49.7 Å². The van der Waals surface area contributed by atoms with E-state index >= 15 is 0 Å². The summed E-state index contributed by atoms with van der Waals surface area (Å²) in [6.07, 6.45) is 5.04. The molecule has 0 aromatic rings. The average Bonchev–Trinajstić information content (AvgIpc) is 2.94. The first-order valence-corrected chi connectivity index (χ1v) is 8.84. The highest BCUT2D eigenvalue weighted by Crippen LogP contribution is 2.44. The number of hydrogen-bond acceptors (Lipinski definition) is 5. The summed E-state index contributed by atoms with van der Waals surface area (Å²) < 4.78 is 30.0. The van der Waals surface area contributed by atoms with Gasteiger partial charge < -0.3 is 23.7 Å². The lowest BCUT2D eigenvalue weighted by atomic mass is 9.96. The number of unbranched alkanes of at least 4 members (excludes halogenated alkanes) is 2. The van der Waals surface area contributed by atoms with Crippen LogP contribution in [0.4, 0.5) is 0 Å². The highest BCUT2D eigenvalue weighted by Gasteiger charge is 2.61. The average molecular weight is 328 g/mol. The fourth-order valence-corrected chi connectivity index (χ4v) is 3.02. The summed E-state index contributed by atoms with van der Waals surface area (Å²) in [4.78, 5) is 0. The summed E-state index contributed by atoms with van der Waals surface area (Å²) in [5.41, 5.74) is -0.715. The van der Waals surface area contributed by atoms with E-state index in [4.69, 9.17) is 23.7 Å². The molecule has 2 aliphatic heterocycles. The predicted molar refractivity (Wildman–Crippen MR) is 88.2 cm³/mol. The van der Waals surface area contributed by atoms with Gasteiger partial charge in [-0.1, -0.05) is 32.8 Å². The van der Waals surface area contributed by atoms with E-state index in [2.05, 4.69) is 20.4 Å². The van der Waals surface area contributed by atoms with Crippen LogP contribution in [0.15, 0.2) is 12.7 Å². The molecule has 0 aromatic heterocycles. The summed E-state index contributed by atoms with van der Waals surface area (Å²) in [5.74, 6) is -0.655. The standard InChI is InChI=1S/C18H32O5/c1-6-9-11-19-13-18(8-3)15(20-12-10-7-2)14-16(23-18)22-17(4,5)21-14/h8,14-16H,3,6-7,9-13H2,1-2,4-5H3/t14-,15+,16+,18-/m1/s1. The first kappa shape index (κ1) is 18.9. The highest BCUT2D eigenvalue weighted by atomic mass is 16.8. The van der Waals surface area contributed by atoms with Crippen LogP contribution in [0.5, 0.6) is 0 Å². The molecular formula is C18H32O5. The molecule has 23 heavy (non-hydrogen) atoms. The molecule has 0 aromatic carbocycles. The zero-order chi connectivity index (χ0) is 16.9. The maximum Gasteiger partial charge on any atom is 0.191 e. The van der Waals surface area contributed by atoms with Crippen molar-refractivity contribution in [3.8, 4) is 0 Å². The predicted octanol–water partition coefficient (Wildman–Crippen LogP) is 3.42. The molecule has 2 aliphatic rings. The van der Waals surface area contributed by atoms with Crippen molar-refractivity contribution in [3.63, 3.8) is 0 Å². The molecule has 2 heterocycles. The van der Waals surface area contributed by atoms with Gasteiger partial charge in [0.1, 0.15) is 17.8 Å². The van der Waals surface area contributed by atoms with Crippen molar-refractivity contribution in [1.82, 2.24) is 0 Å². The number of ether oxygens (including phenoxy) is 5. The van der Waals surface area contributed by atoms with Crippen molar-refractivity contribution in [2.45, 2.75) is 83.3 Å².